The Morgan fingerprint density at radius 2 is 2.33 bits per heavy atom. The van der Waals surface area contributed by atoms with E-state index in [1.54, 1.807) is 0 Å². The van der Waals surface area contributed by atoms with E-state index in [0.29, 0.717) is 12.5 Å². The molecule has 0 aromatic carbocycles. The summed E-state index contributed by atoms with van der Waals surface area (Å²) >= 11 is 0. The third-order valence-corrected chi connectivity index (χ3v) is 2.61. The van der Waals surface area contributed by atoms with E-state index in [0.717, 1.165) is 12.5 Å². The Balaban J connectivity index is 2.11. The molecule has 1 aliphatic carbocycles. The molecule has 0 saturated heterocycles. The van der Waals surface area contributed by atoms with Crippen LogP contribution in [0.2, 0.25) is 0 Å². The Kier molecular flexibility index (Phi) is 4.10. The van der Waals surface area contributed by atoms with Gasteiger partial charge < -0.3 is 5.32 Å². The first-order valence-corrected chi connectivity index (χ1v) is 4.93. The first-order valence-electron chi connectivity index (χ1n) is 4.93. The van der Waals surface area contributed by atoms with Gasteiger partial charge in [-0.3, -0.25) is 0 Å². The predicted molar refractivity (Wildman–Crippen MR) is 49.7 cm³/mol. The van der Waals surface area contributed by atoms with Crippen molar-refractivity contribution in [2.75, 3.05) is 6.54 Å². The van der Waals surface area contributed by atoms with E-state index in [-0.39, 0.29) is 0 Å². The minimum atomic E-state index is 0.644. The van der Waals surface area contributed by atoms with Crippen molar-refractivity contribution in [3.63, 3.8) is 0 Å². The van der Waals surface area contributed by atoms with E-state index in [1.807, 2.05) is 0 Å². The van der Waals surface area contributed by atoms with Gasteiger partial charge in [0.1, 0.15) is 0 Å². The monoisotopic (exact) mass is 166 g/mol. The van der Waals surface area contributed by atoms with Gasteiger partial charge in [0.15, 0.2) is 0 Å². The molecule has 12 heavy (non-hydrogen) atoms. The van der Waals surface area contributed by atoms with Crippen LogP contribution in [0.25, 0.3) is 0 Å². The molecule has 2 heteroatoms. The number of nitrogens with zero attached hydrogens (tertiary/aromatic N) is 1. The first-order chi connectivity index (χ1) is 5.83. The van der Waals surface area contributed by atoms with Crippen LogP contribution in [-0.4, -0.2) is 12.6 Å². The van der Waals surface area contributed by atoms with Crippen molar-refractivity contribution >= 4 is 0 Å². The molecule has 2 unspecified atom stereocenters. The van der Waals surface area contributed by atoms with E-state index < -0.39 is 0 Å². The minimum Gasteiger partial charge on any atom is -0.313 e. The molecule has 0 heterocycles. The summed E-state index contributed by atoms with van der Waals surface area (Å²) in [5.41, 5.74) is 0. The summed E-state index contributed by atoms with van der Waals surface area (Å²) in [5.74, 6) is 0.873. The Morgan fingerprint density at radius 1 is 1.50 bits per heavy atom. The van der Waals surface area contributed by atoms with Crippen LogP contribution in [-0.2, 0) is 0 Å². The molecule has 0 amide bonds. The second-order valence-electron chi connectivity index (χ2n) is 3.83. The second kappa shape index (κ2) is 5.16. The van der Waals surface area contributed by atoms with Crippen molar-refractivity contribution < 1.29 is 0 Å². The van der Waals surface area contributed by atoms with Gasteiger partial charge in [-0.2, -0.15) is 5.26 Å². The Hall–Kier alpha value is -0.550. The van der Waals surface area contributed by atoms with Crippen LogP contribution in [0.3, 0.4) is 0 Å². The summed E-state index contributed by atoms with van der Waals surface area (Å²) in [4.78, 5) is 0. The van der Waals surface area contributed by atoms with Crippen molar-refractivity contribution in [2.24, 2.45) is 5.92 Å². The SMILES string of the molecule is CC1CCCC(NCCC#N)C1. The second-order valence-corrected chi connectivity index (χ2v) is 3.83. The van der Waals surface area contributed by atoms with Gasteiger partial charge in [0.05, 0.1) is 6.07 Å². The Labute approximate surface area is 75.0 Å². The average molecular weight is 166 g/mol. The minimum absolute atomic E-state index is 0.644. The third-order valence-electron chi connectivity index (χ3n) is 2.61. The highest BCUT2D eigenvalue weighted by molar-refractivity contribution is 4.78. The molecule has 1 saturated carbocycles. The fraction of sp³-hybridized carbons (Fsp3) is 0.900. The van der Waals surface area contributed by atoms with Crippen molar-refractivity contribution in [1.29, 1.82) is 5.26 Å². The molecule has 0 aromatic heterocycles. The topological polar surface area (TPSA) is 35.8 Å². The summed E-state index contributed by atoms with van der Waals surface area (Å²) in [6.07, 6.45) is 5.98. The van der Waals surface area contributed by atoms with Crippen LogP contribution in [0.1, 0.15) is 39.0 Å². The van der Waals surface area contributed by atoms with E-state index in [1.165, 1.54) is 25.7 Å². The van der Waals surface area contributed by atoms with Crippen molar-refractivity contribution in [3.05, 3.63) is 0 Å². The van der Waals surface area contributed by atoms with Crippen molar-refractivity contribution in [2.45, 2.75) is 45.1 Å². The van der Waals surface area contributed by atoms with E-state index in [2.05, 4.69) is 18.3 Å². The molecule has 0 aliphatic heterocycles. The molecule has 0 bridgehead atoms. The van der Waals surface area contributed by atoms with Gasteiger partial charge in [0.2, 0.25) is 0 Å². The van der Waals surface area contributed by atoms with Crippen molar-refractivity contribution in [3.8, 4) is 6.07 Å². The average Bonchev–Trinajstić information content (AvgIpc) is 2.05. The van der Waals surface area contributed by atoms with Crippen LogP contribution < -0.4 is 5.32 Å². The first kappa shape index (κ1) is 9.54. The quantitative estimate of drug-likeness (QED) is 0.651. The number of rotatable bonds is 3. The van der Waals surface area contributed by atoms with Gasteiger partial charge in [-0.1, -0.05) is 19.8 Å². The Morgan fingerprint density at radius 3 is 3.00 bits per heavy atom. The number of nitrogens with one attached hydrogen (secondary N) is 1. The molecule has 68 valence electrons. The third kappa shape index (κ3) is 3.23. The van der Waals surface area contributed by atoms with E-state index in [4.69, 9.17) is 5.26 Å². The highest BCUT2D eigenvalue weighted by Gasteiger charge is 2.17. The molecule has 1 N–H and O–H groups in total. The molecule has 0 radical (unpaired) electrons. The van der Waals surface area contributed by atoms with Crippen LogP contribution in [0.5, 0.6) is 0 Å². The summed E-state index contributed by atoms with van der Waals surface area (Å²) < 4.78 is 0. The molecular formula is C10H18N2. The van der Waals surface area contributed by atoms with Gasteiger partial charge in [0.25, 0.3) is 0 Å². The van der Waals surface area contributed by atoms with Gasteiger partial charge >= 0.3 is 0 Å². The molecule has 2 nitrogen and oxygen atoms in total. The van der Waals surface area contributed by atoms with Gasteiger partial charge in [-0.15, -0.1) is 0 Å². The number of hydrogen-bond acceptors (Lipinski definition) is 2. The molecule has 0 spiro atoms. The highest BCUT2D eigenvalue weighted by atomic mass is 14.9. The number of nitriles is 1. The fourth-order valence-electron chi connectivity index (χ4n) is 1.95. The lowest BCUT2D eigenvalue weighted by Gasteiger charge is -2.27. The summed E-state index contributed by atoms with van der Waals surface area (Å²) in [6.45, 7) is 3.19. The maximum absolute atomic E-state index is 8.36. The lowest BCUT2D eigenvalue weighted by molar-refractivity contribution is 0.303. The molecule has 1 rings (SSSR count). The smallest absolute Gasteiger partial charge is 0.0635 e. The van der Waals surface area contributed by atoms with Crippen LogP contribution in [0.4, 0.5) is 0 Å². The lowest BCUT2D eigenvalue weighted by Crippen LogP contribution is -2.33. The predicted octanol–water partition coefficient (Wildman–Crippen LogP) is 2.07. The van der Waals surface area contributed by atoms with Crippen LogP contribution in [0, 0.1) is 17.2 Å². The zero-order valence-electron chi connectivity index (χ0n) is 7.84. The summed E-state index contributed by atoms with van der Waals surface area (Å²) in [5, 5.41) is 11.8. The lowest BCUT2D eigenvalue weighted by atomic mass is 9.87. The summed E-state index contributed by atoms with van der Waals surface area (Å²) in [7, 11) is 0. The number of hydrogen-bond donors (Lipinski definition) is 1. The molecule has 1 fully saturated rings. The molecule has 2 atom stereocenters. The summed E-state index contributed by atoms with van der Waals surface area (Å²) in [6, 6.07) is 2.84. The standard InChI is InChI=1S/C10H18N2/c1-9-4-2-5-10(8-9)12-7-3-6-11/h9-10,12H,2-5,7-8H2,1H3. The maximum Gasteiger partial charge on any atom is 0.0635 e. The fourth-order valence-corrected chi connectivity index (χ4v) is 1.95. The molecular weight excluding hydrogens is 148 g/mol. The van der Waals surface area contributed by atoms with Crippen LogP contribution >= 0.6 is 0 Å². The molecule has 1 aliphatic rings. The molecule has 0 aromatic rings. The maximum atomic E-state index is 8.36. The zero-order chi connectivity index (χ0) is 8.81. The van der Waals surface area contributed by atoms with Crippen LogP contribution in [0.15, 0.2) is 0 Å². The van der Waals surface area contributed by atoms with E-state index >= 15 is 0 Å². The normalized spacial score (nSPS) is 29.7. The largest absolute Gasteiger partial charge is 0.313 e. The van der Waals surface area contributed by atoms with Gasteiger partial charge in [0, 0.05) is 19.0 Å². The van der Waals surface area contributed by atoms with E-state index in [9.17, 15) is 0 Å². The van der Waals surface area contributed by atoms with Gasteiger partial charge in [-0.25, -0.2) is 0 Å². The Bertz CT molecular complexity index is 160. The zero-order valence-corrected chi connectivity index (χ0v) is 7.84. The van der Waals surface area contributed by atoms with Gasteiger partial charge in [-0.05, 0) is 18.8 Å². The highest BCUT2D eigenvalue weighted by Crippen LogP contribution is 2.23. The van der Waals surface area contributed by atoms with Crippen molar-refractivity contribution in [1.82, 2.24) is 5.32 Å².